The van der Waals surface area contributed by atoms with Gasteiger partial charge < -0.3 is 4.18 Å². The zero-order valence-electron chi connectivity index (χ0n) is 12.5. The molecule has 0 bridgehead atoms. The molecule has 0 radical (unpaired) electrons. The van der Waals surface area contributed by atoms with Crippen molar-refractivity contribution in [2.24, 2.45) is 0 Å². The summed E-state index contributed by atoms with van der Waals surface area (Å²) in [6.07, 6.45) is 0. The fourth-order valence-electron chi connectivity index (χ4n) is 1.85. The molecule has 0 atom stereocenters. The summed E-state index contributed by atoms with van der Waals surface area (Å²) in [4.78, 5) is 1.13. The van der Waals surface area contributed by atoms with Crippen LogP contribution >= 0.6 is 23.1 Å². The van der Waals surface area contributed by atoms with Crippen molar-refractivity contribution in [3.8, 4) is 5.75 Å². The van der Waals surface area contributed by atoms with E-state index in [9.17, 15) is 8.42 Å². The number of hydrogen-bond acceptors (Lipinski definition) is 8. The van der Waals surface area contributed by atoms with E-state index in [4.69, 9.17) is 4.18 Å². The van der Waals surface area contributed by atoms with Crippen LogP contribution in [0.15, 0.2) is 53.0 Å². The predicted octanol–water partition coefficient (Wildman–Crippen LogP) is 2.28. The van der Waals surface area contributed by atoms with E-state index in [-0.39, 0.29) is 5.75 Å². The fourth-order valence-corrected chi connectivity index (χ4v) is 4.70. The molecule has 0 aliphatic carbocycles. The molecule has 0 fully saturated rings. The maximum atomic E-state index is 12.0. The number of hydrogen-bond donors (Lipinski definition) is 0. The van der Waals surface area contributed by atoms with Crippen LogP contribution in [0.2, 0.25) is 0 Å². The summed E-state index contributed by atoms with van der Waals surface area (Å²) in [5, 5.41) is 14.1. The molecule has 0 amide bonds. The summed E-state index contributed by atoms with van der Waals surface area (Å²) in [6.45, 7) is 0.570. The van der Waals surface area contributed by atoms with Crippen molar-refractivity contribution in [1.29, 1.82) is 0 Å². The van der Waals surface area contributed by atoms with Gasteiger partial charge in [0.1, 0.15) is 5.75 Å². The molecule has 0 saturated carbocycles. The Bertz CT molecular complexity index is 864. The molecule has 0 saturated heterocycles. The van der Waals surface area contributed by atoms with Gasteiger partial charge in [-0.15, -0.1) is 16.4 Å². The maximum absolute atomic E-state index is 12.0. The highest BCUT2D eigenvalue weighted by atomic mass is 32.2. The number of benzene rings is 1. The van der Waals surface area contributed by atoms with Crippen LogP contribution < -0.4 is 4.18 Å². The monoisotopic (exact) mass is 382 g/mol. The van der Waals surface area contributed by atoms with E-state index in [1.54, 1.807) is 46.4 Å². The van der Waals surface area contributed by atoms with Crippen LogP contribution in [0.4, 0.5) is 0 Å². The van der Waals surface area contributed by atoms with Crippen LogP contribution in [-0.4, -0.2) is 40.1 Å². The largest absolute Gasteiger partial charge is 0.382 e. The van der Waals surface area contributed by atoms with Crippen molar-refractivity contribution < 1.29 is 12.6 Å². The molecule has 3 aromatic rings. The van der Waals surface area contributed by atoms with E-state index < -0.39 is 10.1 Å². The maximum Gasteiger partial charge on any atom is 0.310 e. The SMILES string of the molecule is O=S(=O)(CCSc1nnnn1Cc1cccs1)Oc1ccccc1. The predicted molar refractivity (Wildman–Crippen MR) is 92.8 cm³/mol. The van der Waals surface area contributed by atoms with Crippen molar-refractivity contribution in [2.75, 3.05) is 11.5 Å². The first-order chi connectivity index (χ1) is 11.6. The Kier molecular flexibility index (Phi) is 5.48. The quantitative estimate of drug-likeness (QED) is 0.436. The van der Waals surface area contributed by atoms with Gasteiger partial charge in [-0.3, -0.25) is 0 Å². The summed E-state index contributed by atoms with van der Waals surface area (Å²) in [6, 6.07) is 12.4. The molecule has 3 rings (SSSR count). The van der Waals surface area contributed by atoms with Crippen molar-refractivity contribution in [3.05, 3.63) is 52.7 Å². The first kappa shape index (κ1) is 16.9. The third-order valence-corrected chi connectivity index (χ3v) is 6.14. The van der Waals surface area contributed by atoms with Gasteiger partial charge in [0.2, 0.25) is 5.16 Å². The van der Waals surface area contributed by atoms with Gasteiger partial charge in [0.05, 0.1) is 12.3 Å². The van der Waals surface area contributed by atoms with Gasteiger partial charge in [-0.05, 0) is 34.0 Å². The number of para-hydroxylation sites is 1. The lowest BCUT2D eigenvalue weighted by Gasteiger charge is -2.06. The molecule has 0 N–H and O–H groups in total. The highest BCUT2D eigenvalue weighted by Gasteiger charge is 2.15. The number of aromatic nitrogens is 4. The summed E-state index contributed by atoms with van der Waals surface area (Å²) in [5.41, 5.74) is 0. The van der Waals surface area contributed by atoms with E-state index >= 15 is 0 Å². The van der Waals surface area contributed by atoms with Crippen molar-refractivity contribution in [1.82, 2.24) is 20.2 Å². The van der Waals surface area contributed by atoms with E-state index in [1.165, 1.54) is 11.8 Å². The number of thiophene rings is 1. The van der Waals surface area contributed by atoms with Crippen molar-refractivity contribution in [2.45, 2.75) is 11.7 Å². The highest BCUT2D eigenvalue weighted by Crippen LogP contribution is 2.18. The number of rotatable bonds is 8. The Morgan fingerprint density at radius 1 is 1.17 bits per heavy atom. The van der Waals surface area contributed by atoms with E-state index in [2.05, 4.69) is 15.5 Å². The third kappa shape index (κ3) is 4.79. The molecule has 2 aromatic heterocycles. The fraction of sp³-hybridized carbons (Fsp3) is 0.214. The number of tetrazole rings is 1. The molecule has 1 aromatic carbocycles. The molecule has 0 aliphatic rings. The Balaban J connectivity index is 1.54. The smallest absolute Gasteiger partial charge is 0.310 e. The topological polar surface area (TPSA) is 87.0 Å². The second-order valence-electron chi connectivity index (χ2n) is 4.71. The van der Waals surface area contributed by atoms with Gasteiger partial charge in [-0.25, -0.2) is 4.68 Å². The summed E-state index contributed by atoms with van der Waals surface area (Å²) in [7, 11) is -3.65. The molecule has 0 unspecified atom stereocenters. The minimum absolute atomic E-state index is 0.127. The highest BCUT2D eigenvalue weighted by molar-refractivity contribution is 8.00. The van der Waals surface area contributed by atoms with Crippen LogP contribution in [0.5, 0.6) is 5.75 Å². The summed E-state index contributed by atoms with van der Waals surface area (Å²) in [5.74, 6) is 0.489. The van der Waals surface area contributed by atoms with E-state index in [0.717, 1.165) is 4.88 Å². The van der Waals surface area contributed by atoms with Crippen LogP contribution in [-0.2, 0) is 16.7 Å². The molecule has 10 heteroatoms. The van der Waals surface area contributed by atoms with Gasteiger partial charge in [0, 0.05) is 10.6 Å². The van der Waals surface area contributed by atoms with Gasteiger partial charge >= 0.3 is 10.1 Å². The Morgan fingerprint density at radius 3 is 2.75 bits per heavy atom. The first-order valence-electron chi connectivity index (χ1n) is 7.01. The zero-order chi connectivity index (χ0) is 16.8. The van der Waals surface area contributed by atoms with Crippen LogP contribution in [0.3, 0.4) is 0 Å². The molecule has 126 valence electrons. The normalized spacial score (nSPS) is 11.5. The summed E-state index contributed by atoms with van der Waals surface area (Å²) < 4.78 is 30.6. The first-order valence-corrected chi connectivity index (χ1v) is 10.5. The number of thioether (sulfide) groups is 1. The molecule has 2 heterocycles. The molecule has 0 aliphatic heterocycles. The standard InChI is InChI=1S/C14H14N4O3S3/c19-24(20,21-12-5-2-1-3-6-12)10-9-23-14-15-16-17-18(14)11-13-7-4-8-22-13/h1-8H,9-11H2. The molecular formula is C14H14N4O3S3. The second-order valence-corrected chi connectivity index (χ2v) is 8.49. The average Bonchev–Trinajstić information content (AvgIpc) is 3.21. The molecular weight excluding hydrogens is 368 g/mol. The Labute approximate surface area is 147 Å². The Hall–Kier alpha value is -1.91. The van der Waals surface area contributed by atoms with Crippen molar-refractivity contribution >= 4 is 33.2 Å². The van der Waals surface area contributed by atoms with Gasteiger partial charge in [-0.2, -0.15) is 8.42 Å². The van der Waals surface area contributed by atoms with Crippen molar-refractivity contribution in [3.63, 3.8) is 0 Å². The van der Waals surface area contributed by atoms with Crippen LogP contribution in [0.25, 0.3) is 0 Å². The lowest BCUT2D eigenvalue weighted by atomic mass is 10.3. The zero-order valence-corrected chi connectivity index (χ0v) is 14.9. The number of nitrogens with zero attached hydrogens (tertiary/aromatic N) is 4. The van der Waals surface area contributed by atoms with Gasteiger partial charge in [0.15, 0.2) is 0 Å². The molecule has 7 nitrogen and oxygen atoms in total. The van der Waals surface area contributed by atoms with E-state index in [1.807, 2.05) is 17.5 Å². The van der Waals surface area contributed by atoms with Gasteiger partial charge in [0.25, 0.3) is 0 Å². The second kappa shape index (κ2) is 7.77. The third-order valence-electron chi connectivity index (χ3n) is 2.92. The van der Waals surface area contributed by atoms with Crippen LogP contribution in [0.1, 0.15) is 4.88 Å². The molecule has 0 spiro atoms. The van der Waals surface area contributed by atoms with Crippen LogP contribution in [0, 0.1) is 0 Å². The average molecular weight is 382 g/mol. The summed E-state index contributed by atoms with van der Waals surface area (Å²) >= 11 is 2.90. The van der Waals surface area contributed by atoms with E-state index in [0.29, 0.717) is 23.2 Å². The lowest BCUT2D eigenvalue weighted by Crippen LogP contribution is -2.15. The minimum atomic E-state index is -3.65. The lowest BCUT2D eigenvalue weighted by molar-refractivity contribution is 0.488. The minimum Gasteiger partial charge on any atom is -0.382 e. The van der Waals surface area contributed by atoms with Gasteiger partial charge in [-0.1, -0.05) is 36.0 Å². The Morgan fingerprint density at radius 2 is 2.00 bits per heavy atom. The molecule has 24 heavy (non-hydrogen) atoms.